The number of anilines is 3. The van der Waals surface area contributed by atoms with E-state index < -0.39 is 6.04 Å². The van der Waals surface area contributed by atoms with Gasteiger partial charge in [-0.2, -0.15) is 15.5 Å². The van der Waals surface area contributed by atoms with Gasteiger partial charge in [0.2, 0.25) is 5.91 Å². The average molecular weight is 389 g/mol. The first-order valence-electron chi connectivity index (χ1n) is 9.52. The lowest BCUT2D eigenvalue weighted by Gasteiger charge is -2.15. The fourth-order valence-electron chi connectivity index (χ4n) is 3.07. The van der Waals surface area contributed by atoms with Crippen molar-refractivity contribution in [2.75, 3.05) is 10.6 Å². The zero-order chi connectivity index (χ0) is 20.8. The number of rotatable bonds is 7. The third kappa shape index (κ3) is 4.41. The van der Waals surface area contributed by atoms with E-state index in [0.717, 1.165) is 17.7 Å². The highest BCUT2D eigenvalue weighted by molar-refractivity contribution is 5.94. The Morgan fingerprint density at radius 1 is 1.21 bits per heavy atom. The second kappa shape index (κ2) is 8.97. The van der Waals surface area contributed by atoms with Gasteiger partial charge in [0.15, 0.2) is 5.82 Å². The van der Waals surface area contributed by atoms with Crippen LogP contribution in [0.15, 0.2) is 42.7 Å². The van der Waals surface area contributed by atoms with Crippen molar-refractivity contribution in [3.05, 3.63) is 59.5 Å². The van der Waals surface area contributed by atoms with Crippen molar-refractivity contribution < 1.29 is 4.79 Å². The SMILES string of the molecule is CCc1nnc(Nc2cccc(NC(=O)C(C)n3cccn3)c2)c(C#N)c1CC. The van der Waals surface area contributed by atoms with Crippen LogP contribution in [0, 0.1) is 11.3 Å². The van der Waals surface area contributed by atoms with E-state index in [1.165, 1.54) is 0 Å². The molecule has 3 rings (SSSR count). The Morgan fingerprint density at radius 3 is 2.66 bits per heavy atom. The standard InChI is InChI=1S/C21H23N7O/c1-4-17-18(13-22)20(27-26-19(17)5-2)24-15-8-6-9-16(12-15)25-21(29)14(3)28-11-7-10-23-28/h6-12,14H,4-5H2,1-3H3,(H,24,27)(H,25,29). The van der Waals surface area contributed by atoms with Gasteiger partial charge >= 0.3 is 0 Å². The van der Waals surface area contributed by atoms with E-state index in [4.69, 9.17) is 0 Å². The largest absolute Gasteiger partial charge is 0.338 e. The van der Waals surface area contributed by atoms with Crippen molar-refractivity contribution >= 4 is 23.1 Å². The third-order valence-corrected chi connectivity index (χ3v) is 4.65. The molecule has 29 heavy (non-hydrogen) atoms. The number of hydrogen-bond donors (Lipinski definition) is 2. The van der Waals surface area contributed by atoms with Crippen LogP contribution >= 0.6 is 0 Å². The van der Waals surface area contributed by atoms with Gasteiger partial charge < -0.3 is 10.6 Å². The second-order valence-electron chi connectivity index (χ2n) is 6.52. The van der Waals surface area contributed by atoms with Crippen molar-refractivity contribution in [3.8, 4) is 6.07 Å². The van der Waals surface area contributed by atoms with Gasteiger partial charge in [-0.05, 0) is 49.6 Å². The van der Waals surface area contributed by atoms with E-state index in [9.17, 15) is 10.1 Å². The predicted octanol–water partition coefficient (Wildman–Crippen LogP) is 3.61. The average Bonchev–Trinajstić information content (AvgIpc) is 3.27. The molecule has 0 bridgehead atoms. The number of benzene rings is 1. The van der Waals surface area contributed by atoms with Crippen molar-refractivity contribution in [2.45, 2.75) is 39.7 Å². The molecular weight excluding hydrogens is 366 g/mol. The highest BCUT2D eigenvalue weighted by Crippen LogP contribution is 2.25. The Bertz CT molecular complexity index is 1040. The number of carbonyl (C=O) groups is 1. The third-order valence-electron chi connectivity index (χ3n) is 4.65. The maximum atomic E-state index is 12.5. The molecule has 8 heteroatoms. The highest BCUT2D eigenvalue weighted by Gasteiger charge is 2.16. The van der Waals surface area contributed by atoms with Crippen LogP contribution in [0.1, 0.15) is 43.6 Å². The van der Waals surface area contributed by atoms with Crippen LogP contribution < -0.4 is 10.6 Å². The first kappa shape index (κ1) is 20.0. The molecule has 148 valence electrons. The maximum absolute atomic E-state index is 12.5. The van der Waals surface area contributed by atoms with E-state index in [1.54, 1.807) is 42.2 Å². The van der Waals surface area contributed by atoms with Crippen LogP contribution in [-0.4, -0.2) is 25.9 Å². The topological polar surface area (TPSA) is 109 Å². The Hall–Kier alpha value is -3.73. The number of aryl methyl sites for hydroxylation is 1. The van der Waals surface area contributed by atoms with Crippen molar-refractivity contribution in [3.63, 3.8) is 0 Å². The number of aromatic nitrogens is 4. The Balaban J connectivity index is 1.80. The molecule has 8 nitrogen and oxygen atoms in total. The second-order valence-corrected chi connectivity index (χ2v) is 6.52. The molecule has 1 aromatic carbocycles. The first-order chi connectivity index (χ1) is 14.1. The van der Waals surface area contributed by atoms with Crippen LogP contribution in [0.25, 0.3) is 0 Å². The van der Waals surface area contributed by atoms with E-state index >= 15 is 0 Å². The predicted molar refractivity (Wildman–Crippen MR) is 111 cm³/mol. The molecule has 2 N–H and O–H groups in total. The summed E-state index contributed by atoms with van der Waals surface area (Å²) in [5, 5.41) is 28.2. The molecule has 1 atom stereocenters. The van der Waals surface area contributed by atoms with Gasteiger partial charge in [-0.25, -0.2) is 0 Å². The van der Waals surface area contributed by atoms with Crippen molar-refractivity contribution in [1.29, 1.82) is 5.26 Å². The highest BCUT2D eigenvalue weighted by atomic mass is 16.2. The summed E-state index contributed by atoms with van der Waals surface area (Å²) in [6.07, 6.45) is 4.81. The molecule has 0 radical (unpaired) electrons. The summed E-state index contributed by atoms with van der Waals surface area (Å²) in [6.45, 7) is 5.77. The minimum atomic E-state index is -0.439. The molecule has 1 amide bonds. The molecule has 2 aromatic heterocycles. The fraction of sp³-hybridized carbons (Fsp3) is 0.286. The molecule has 0 saturated carbocycles. The summed E-state index contributed by atoms with van der Waals surface area (Å²) in [4.78, 5) is 12.5. The summed E-state index contributed by atoms with van der Waals surface area (Å²) in [7, 11) is 0. The molecular formula is C21H23N7O. The molecule has 2 heterocycles. The number of hydrogen-bond acceptors (Lipinski definition) is 6. The zero-order valence-electron chi connectivity index (χ0n) is 16.7. The lowest BCUT2D eigenvalue weighted by molar-refractivity contribution is -0.119. The smallest absolute Gasteiger partial charge is 0.248 e. The molecule has 0 aliphatic carbocycles. The summed E-state index contributed by atoms with van der Waals surface area (Å²) in [5.74, 6) is 0.235. The number of amides is 1. The Kier molecular flexibility index (Phi) is 6.19. The van der Waals surface area contributed by atoms with Crippen LogP contribution in [0.3, 0.4) is 0 Å². The molecule has 0 saturated heterocycles. The van der Waals surface area contributed by atoms with Gasteiger partial charge in [0.1, 0.15) is 17.7 Å². The van der Waals surface area contributed by atoms with Crippen LogP contribution in [0.4, 0.5) is 17.2 Å². The van der Waals surface area contributed by atoms with E-state index in [2.05, 4.69) is 32.0 Å². The van der Waals surface area contributed by atoms with E-state index in [1.807, 2.05) is 26.0 Å². The number of nitrogens with one attached hydrogen (secondary N) is 2. The van der Waals surface area contributed by atoms with Gasteiger partial charge in [0, 0.05) is 23.8 Å². The summed E-state index contributed by atoms with van der Waals surface area (Å²) < 4.78 is 1.59. The molecule has 0 fully saturated rings. The molecule has 0 aliphatic rings. The summed E-state index contributed by atoms with van der Waals surface area (Å²) >= 11 is 0. The van der Waals surface area contributed by atoms with Crippen molar-refractivity contribution in [1.82, 2.24) is 20.0 Å². The fourth-order valence-corrected chi connectivity index (χ4v) is 3.07. The Morgan fingerprint density at radius 2 is 2.00 bits per heavy atom. The van der Waals surface area contributed by atoms with Crippen LogP contribution in [0.2, 0.25) is 0 Å². The van der Waals surface area contributed by atoms with Gasteiger partial charge in [-0.3, -0.25) is 9.48 Å². The minimum Gasteiger partial charge on any atom is -0.338 e. The molecule has 3 aromatic rings. The lowest BCUT2D eigenvalue weighted by Crippen LogP contribution is -2.24. The number of nitrogens with zero attached hydrogens (tertiary/aromatic N) is 5. The molecule has 0 spiro atoms. The van der Waals surface area contributed by atoms with Gasteiger partial charge in [-0.15, -0.1) is 5.10 Å². The Labute approximate surface area is 169 Å². The summed E-state index contributed by atoms with van der Waals surface area (Å²) in [6, 6.07) is 10.8. The van der Waals surface area contributed by atoms with Gasteiger partial charge in [0.05, 0.1) is 5.69 Å². The van der Waals surface area contributed by atoms with Gasteiger partial charge in [0.25, 0.3) is 0 Å². The number of carbonyl (C=O) groups excluding carboxylic acids is 1. The lowest BCUT2D eigenvalue weighted by atomic mass is 10.0. The quantitative estimate of drug-likeness (QED) is 0.639. The van der Waals surface area contributed by atoms with E-state index in [0.29, 0.717) is 29.2 Å². The van der Waals surface area contributed by atoms with E-state index in [-0.39, 0.29) is 5.91 Å². The first-order valence-corrected chi connectivity index (χ1v) is 9.52. The monoisotopic (exact) mass is 389 g/mol. The molecule has 0 aliphatic heterocycles. The normalized spacial score (nSPS) is 11.5. The van der Waals surface area contributed by atoms with Gasteiger partial charge in [-0.1, -0.05) is 19.9 Å². The molecule has 1 unspecified atom stereocenters. The number of nitriles is 1. The van der Waals surface area contributed by atoms with Crippen LogP contribution in [-0.2, 0) is 17.6 Å². The maximum Gasteiger partial charge on any atom is 0.248 e. The van der Waals surface area contributed by atoms with Crippen molar-refractivity contribution in [2.24, 2.45) is 0 Å². The van der Waals surface area contributed by atoms with Crippen LogP contribution in [0.5, 0.6) is 0 Å². The zero-order valence-corrected chi connectivity index (χ0v) is 16.7. The summed E-state index contributed by atoms with van der Waals surface area (Å²) in [5.41, 5.74) is 3.58. The minimum absolute atomic E-state index is 0.177.